The molecule has 19 heavy (non-hydrogen) atoms. The minimum atomic E-state index is -0.438. The molecule has 2 atom stereocenters. The van der Waals surface area contributed by atoms with Gasteiger partial charge in [0.1, 0.15) is 11.9 Å². The Bertz CT molecular complexity index is 452. The number of aliphatic hydroxyl groups excluding tert-OH is 1. The third-order valence-corrected chi connectivity index (χ3v) is 4.89. The number of rotatable bonds is 1. The van der Waals surface area contributed by atoms with E-state index in [1.807, 2.05) is 18.2 Å². The van der Waals surface area contributed by atoms with Gasteiger partial charge in [-0.15, -0.1) is 0 Å². The third kappa shape index (κ3) is 2.75. The molecule has 1 aliphatic carbocycles. The van der Waals surface area contributed by atoms with Crippen molar-refractivity contribution in [3.05, 3.63) is 28.8 Å². The molecule has 1 fully saturated rings. The van der Waals surface area contributed by atoms with Crippen molar-refractivity contribution in [2.24, 2.45) is 11.8 Å². The van der Waals surface area contributed by atoms with Crippen molar-refractivity contribution in [1.29, 1.82) is 0 Å². The van der Waals surface area contributed by atoms with E-state index in [-0.39, 0.29) is 6.10 Å². The van der Waals surface area contributed by atoms with Gasteiger partial charge >= 0.3 is 0 Å². The molecular weight excluding hydrogens is 260 g/mol. The summed E-state index contributed by atoms with van der Waals surface area (Å²) in [6, 6.07) is 5.54. The van der Waals surface area contributed by atoms with Crippen LogP contribution in [0.1, 0.15) is 50.7 Å². The summed E-state index contributed by atoms with van der Waals surface area (Å²) in [5.41, 5.74) is 0.841. The van der Waals surface area contributed by atoms with Gasteiger partial charge in [-0.25, -0.2) is 0 Å². The number of ether oxygens (including phenoxy) is 1. The largest absolute Gasteiger partial charge is 0.490 e. The van der Waals surface area contributed by atoms with Gasteiger partial charge in [-0.05, 0) is 42.9 Å². The molecule has 0 saturated heterocycles. The first kappa shape index (κ1) is 13.3. The predicted octanol–water partition coefficient (Wildman–Crippen LogP) is 4.35. The number of hydrogen-bond donors (Lipinski definition) is 1. The molecule has 1 saturated carbocycles. The lowest BCUT2D eigenvalue weighted by atomic mass is 9.78. The molecule has 2 aliphatic rings. The zero-order valence-electron chi connectivity index (χ0n) is 11.3. The molecule has 1 N–H and O–H groups in total. The summed E-state index contributed by atoms with van der Waals surface area (Å²) in [6.07, 6.45) is 5.44. The second kappa shape index (κ2) is 5.34. The SMILES string of the molecule is CC1CCC(C2C[C@@H](O)c3cc(Cl)ccc3O2)CC1. The molecule has 1 aromatic carbocycles. The minimum Gasteiger partial charge on any atom is -0.490 e. The maximum Gasteiger partial charge on any atom is 0.125 e. The predicted molar refractivity (Wildman–Crippen MR) is 76.6 cm³/mol. The van der Waals surface area contributed by atoms with Crippen LogP contribution in [0.2, 0.25) is 5.02 Å². The summed E-state index contributed by atoms with van der Waals surface area (Å²) in [6.45, 7) is 2.32. The summed E-state index contributed by atoms with van der Waals surface area (Å²) in [5, 5.41) is 11.0. The molecule has 0 spiro atoms. The third-order valence-electron chi connectivity index (χ3n) is 4.65. The van der Waals surface area contributed by atoms with E-state index in [4.69, 9.17) is 16.3 Å². The quantitative estimate of drug-likeness (QED) is 0.829. The van der Waals surface area contributed by atoms with Crippen molar-refractivity contribution >= 4 is 11.6 Å². The molecule has 104 valence electrons. The summed E-state index contributed by atoms with van der Waals surface area (Å²) >= 11 is 5.98. The van der Waals surface area contributed by atoms with Crippen molar-refractivity contribution in [2.45, 2.75) is 51.2 Å². The van der Waals surface area contributed by atoms with Crippen LogP contribution in [0.25, 0.3) is 0 Å². The molecule has 1 unspecified atom stereocenters. The zero-order valence-corrected chi connectivity index (χ0v) is 12.1. The van der Waals surface area contributed by atoms with Crippen LogP contribution in [0.15, 0.2) is 18.2 Å². The van der Waals surface area contributed by atoms with Gasteiger partial charge in [0.25, 0.3) is 0 Å². The van der Waals surface area contributed by atoms with Gasteiger partial charge in [-0.2, -0.15) is 0 Å². The van der Waals surface area contributed by atoms with Gasteiger partial charge in [0.2, 0.25) is 0 Å². The minimum absolute atomic E-state index is 0.163. The highest BCUT2D eigenvalue weighted by Crippen LogP contribution is 2.41. The molecule has 1 aliphatic heterocycles. The fraction of sp³-hybridized carbons (Fsp3) is 0.625. The number of benzene rings is 1. The van der Waals surface area contributed by atoms with Gasteiger partial charge < -0.3 is 9.84 Å². The molecule has 0 aromatic heterocycles. The number of halogens is 1. The highest BCUT2D eigenvalue weighted by molar-refractivity contribution is 6.30. The first-order chi connectivity index (χ1) is 9.13. The van der Waals surface area contributed by atoms with E-state index in [1.54, 1.807) is 0 Å². The highest BCUT2D eigenvalue weighted by Gasteiger charge is 2.34. The first-order valence-corrected chi connectivity index (χ1v) is 7.65. The average Bonchev–Trinajstić information content (AvgIpc) is 2.40. The van der Waals surface area contributed by atoms with E-state index in [2.05, 4.69) is 6.92 Å². The van der Waals surface area contributed by atoms with E-state index in [0.29, 0.717) is 17.4 Å². The Hall–Kier alpha value is -0.730. The fourth-order valence-corrected chi connectivity index (χ4v) is 3.57. The van der Waals surface area contributed by atoms with Gasteiger partial charge in [0, 0.05) is 17.0 Å². The number of fused-ring (bicyclic) bond motifs is 1. The Morgan fingerprint density at radius 3 is 2.68 bits per heavy atom. The van der Waals surface area contributed by atoms with Crippen LogP contribution >= 0.6 is 11.6 Å². The molecule has 0 amide bonds. The second-order valence-electron chi connectivity index (χ2n) is 6.11. The van der Waals surface area contributed by atoms with Crippen LogP contribution in [-0.4, -0.2) is 11.2 Å². The molecule has 3 heteroatoms. The van der Waals surface area contributed by atoms with Crippen molar-refractivity contribution in [3.8, 4) is 5.75 Å². The summed E-state index contributed by atoms with van der Waals surface area (Å²) in [5.74, 6) is 2.25. The zero-order chi connectivity index (χ0) is 13.4. The van der Waals surface area contributed by atoms with Crippen molar-refractivity contribution in [1.82, 2.24) is 0 Å². The molecular formula is C16H21ClO2. The maximum atomic E-state index is 10.3. The maximum absolute atomic E-state index is 10.3. The first-order valence-electron chi connectivity index (χ1n) is 7.27. The Labute approximate surface area is 119 Å². The average molecular weight is 281 g/mol. The Morgan fingerprint density at radius 1 is 1.21 bits per heavy atom. The Kier molecular flexibility index (Phi) is 3.72. The van der Waals surface area contributed by atoms with Gasteiger partial charge in [0.05, 0.1) is 6.10 Å². The summed E-state index contributed by atoms with van der Waals surface area (Å²) in [4.78, 5) is 0. The molecule has 0 radical (unpaired) electrons. The molecule has 3 rings (SSSR count). The molecule has 1 heterocycles. The van der Waals surface area contributed by atoms with Crippen LogP contribution in [0, 0.1) is 11.8 Å². The normalized spacial score (nSPS) is 34.5. The van der Waals surface area contributed by atoms with Crippen LogP contribution in [0.5, 0.6) is 5.75 Å². The fourth-order valence-electron chi connectivity index (χ4n) is 3.39. The highest BCUT2D eigenvalue weighted by atomic mass is 35.5. The van der Waals surface area contributed by atoms with Crippen LogP contribution in [-0.2, 0) is 0 Å². The molecule has 0 bridgehead atoms. The van der Waals surface area contributed by atoms with Crippen LogP contribution in [0.4, 0.5) is 0 Å². The van der Waals surface area contributed by atoms with Crippen molar-refractivity contribution in [3.63, 3.8) is 0 Å². The lowest BCUT2D eigenvalue weighted by Gasteiger charge is -2.37. The van der Waals surface area contributed by atoms with Gasteiger partial charge in [0.15, 0.2) is 0 Å². The van der Waals surface area contributed by atoms with Crippen LogP contribution < -0.4 is 4.74 Å². The van der Waals surface area contributed by atoms with Gasteiger partial charge in [-0.1, -0.05) is 31.4 Å². The number of hydrogen-bond acceptors (Lipinski definition) is 2. The summed E-state index contributed by atoms with van der Waals surface area (Å²) < 4.78 is 6.11. The lowest BCUT2D eigenvalue weighted by Crippen LogP contribution is -2.34. The molecule has 1 aromatic rings. The second-order valence-corrected chi connectivity index (χ2v) is 6.55. The smallest absolute Gasteiger partial charge is 0.125 e. The molecule has 2 nitrogen and oxygen atoms in total. The number of aliphatic hydroxyl groups is 1. The van der Waals surface area contributed by atoms with Crippen molar-refractivity contribution in [2.75, 3.05) is 0 Å². The monoisotopic (exact) mass is 280 g/mol. The van der Waals surface area contributed by atoms with E-state index in [0.717, 1.165) is 17.2 Å². The van der Waals surface area contributed by atoms with E-state index in [9.17, 15) is 5.11 Å². The Balaban J connectivity index is 1.75. The lowest BCUT2D eigenvalue weighted by molar-refractivity contribution is 0.0194. The van der Waals surface area contributed by atoms with Crippen molar-refractivity contribution < 1.29 is 9.84 Å². The van der Waals surface area contributed by atoms with E-state index >= 15 is 0 Å². The van der Waals surface area contributed by atoms with Gasteiger partial charge in [-0.3, -0.25) is 0 Å². The Morgan fingerprint density at radius 2 is 1.95 bits per heavy atom. The standard InChI is InChI=1S/C16H21ClO2/c1-10-2-4-11(5-3-10)16-9-14(18)13-8-12(17)6-7-15(13)19-16/h6-8,10-11,14,16,18H,2-5,9H2,1H3/t10?,11?,14-,16?/m1/s1. The summed E-state index contributed by atoms with van der Waals surface area (Å²) in [7, 11) is 0. The van der Waals surface area contributed by atoms with E-state index in [1.165, 1.54) is 25.7 Å². The van der Waals surface area contributed by atoms with Crippen LogP contribution in [0.3, 0.4) is 0 Å². The van der Waals surface area contributed by atoms with E-state index < -0.39 is 6.10 Å². The topological polar surface area (TPSA) is 29.5 Å².